The highest BCUT2D eigenvalue weighted by Gasteiger charge is 2.41. The number of rotatable bonds is 11. The first-order valence-electron chi connectivity index (χ1n) is 16.9. The fourth-order valence-corrected chi connectivity index (χ4v) is 7.21. The highest BCUT2D eigenvalue weighted by molar-refractivity contribution is 6.05. The van der Waals surface area contributed by atoms with E-state index in [0.717, 1.165) is 17.4 Å². The Morgan fingerprint density at radius 1 is 1.09 bits per heavy atom. The van der Waals surface area contributed by atoms with Crippen LogP contribution in [-0.2, 0) is 32.2 Å². The van der Waals surface area contributed by atoms with Crippen LogP contribution in [0.5, 0.6) is 0 Å². The molecule has 0 spiro atoms. The lowest BCUT2D eigenvalue weighted by molar-refractivity contribution is -0.137. The number of alkyl halides is 5. The molecule has 7 rings (SSSR count). The molecule has 2 atom stereocenters. The zero-order valence-corrected chi connectivity index (χ0v) is 28.0. The molecule has 0 saturated carbocycles. The van der Waals surface area contributed by atoms with Gasteiger partial charge in [-0.3, -0.25) is 39.0 Å². The van der Waals surface area contributed by atoms with E-state index in [1.54, 1.807) is 12.1 Å². The van der Waals surface area contributed by atoms with Gasteiger partial charge in [0.1, 0.15) is 24.7 Å². The summed E-state index contributed by atoms with van der Waals surface area (Å²) >= 11 is 0. The van der Waals surface area contributed by atoms with Crippen molar-refractivity contribution in [2.75, 3.05) is 29.9 Å². The van der Waals surface area contributed by atoms with Crippen LogP contribution in [0.3, 0.4) is 0 Å². The average Bonchev–Trinajstić information content (AvgIpc) is 3.84. The Bertz CT molecular complexity index is 1950. The van der Waals surface area contributed by atoms with Crippen LogP contribution in [0, 0.1) is 0 Å². The molecule has 0 bridgehead atoms. The largest absolute Gasteiger partial charge is 0.470 e. The number of pyridine rings is 1. The number of carbonyl (C=O) groups excluding carboxylic acids is 4. The molecule has 3 aromatic rings. The zero-order chi connectivity index (χ0) is 37.4. The molecule has 2 fully saturated rings. The molecule has 2 unspecified atom stereocenters. The van der Waals surface area contributed by atoms with Gasteiger partial charge in [-0.05, 0) is 48.6 Å². The van der Waals surface area contributed by atoms with Crippen molar-refractivity contribution < 1.29 is 45.9 Å². The van der Waals surface area contributed by atoms with Gasteiger partial charge in [-0.1, -0.05) is 12.1 Å². The molecule has 0 aliphatic carbocycles. The maximum Gasteiger partial charge on any atom is 0.405 e. The van der Waals surface area contributed by atoms with Crippen molar-refractivity contribution in [2.24, 2.45) is 0 Å². The minimum atomic E-state index is -4.50. The first kappa shape index (κ1) is 35.8. The van der Waals surface area contributed by atoms with Crippen LogP contribution in [0.4, 0.5) is 33.5 Å². The van der Waals surface area contributed by atoms with Crippen LogP contribution in [0.25, 0.3) is 0 Å². The molecule has 2 aromatic heterocycles. The molecule has 4 amide bonds. The predicted octanol–water partition coefficient (Wildman–Crippen LogP) is 3.87. The van der Waals surface area contributed by atoms with E-state index in [1.165, 1.54) is 39.0 Å². The zero-order valence-electron chi connectivity index (χ0n) is 28.0. The Labute approximate surface area is 298 Å². The normalized spacial score (nSPS) is 21.1. The second-order valence-corrected chi connectivity index (χ2v) is 13.1. The van der Waals surface area contributed by atoms with E-state index in [-0.39, 0.29) is 60.1 Å². The van der Waals surface area contributed by atoms with Gasteiger partial charge in [0.05, 0.1) is 11.7 Å². The average molecular weight is 744 g/mol. The van der Waals surface area contributed by atoms with Crippen molar-refractivity contribution in [1.82, 2.24) is 35.2 Å². The van der Waals surface area contributed by atoms with Gasteiger partial charge in [-0.15, -0.1) is 0 Å². The number of hydrogen-bond donors (Lipinski definition) is 3. The smallest absolute Gasteiger partial charge is 0.405 e. The van der Waals surface area contributed by atoms with Gasteiger partial charge in [0.2, 0.25) is 24.5 Å². The number of hydrogen-bond acceptors (Lipinski definition) is 10. The first-order chi connectivity index (χ1) is 25.4. The third-order valence-corrected chi connectivity index (χ3v) is 9.76. The molecule has 53 heavy (non-hydrogen) atoms. The maximum atomic E-state index is 14.6. The molecular formula is C34H34F5N9O5. The molecule has 19 heteroatoms. The van der Waals surface area contributed by atoms with Gasteiger partial charge in [0, 0.05) is 56.1 Å². The molecule has 280 valence electrons. The molecular weight excluding hydrogens is 709 g/mol. The highest BCUT2D eigenvalue weighted by atomic mass is 19.4. The number of likely N-dealkylation sites (tertiary alicyclic amines) is 1. The number of nitrogens with zero attached hydrogens (tertiary/aromatic N) is 6. The summed E-state index contributed by atoms with van der Waals surface area (Å²) in [4.78, 5) is 57.8. The molecule has 4 aliphatic rings. The summed E-state index contributed by atoms with van der Waals surface area (Å²) in [5.41, 5.74) is 1.93. The van der Waals surface area contributed by atoms with Crippen LogP contribution in [0.2, 0.25) is 0 Å². The molecule has 0 radical (unpaired) electrons. The molecule has 1 aromatic carbocycles. The molecule has 14 nitrogen and oxygen atoms in total. The molecule has 2 saturated heterocycles. The molecule has 6 heterocycles. The number of ether oxygens (including phenoxy) is 1. The maximum absolute atomic E-state index is 14.6. The predicted molar refractivity (Wildman–Crippen MR) is 176 cm³/mol. The third kappa shape index (κ3) is 7.37. The van der Waals surface area contributed by atoms with Crippen molar-refractivity contribution in [3.63, 3.8) is 0 Å². The van der Waals surface area contributed by atoms with Gasteiger partial charge >= 0.3 is 6.18 Å². The van der Waals surface area contributed by atoms with Crippen LogP contribution in [-0.4, -0.2) is 80.5 Å². The quantitative estimate of drug-likeness (QED) is 0.150. The topological polar surface area (TPSA) is 154 Å². The number of imide groups is 1. The number of carbonyl (C=O) groups is 4. The third-order valence-electron chi connectivity index (χ3n) is 9.76. The Morgan fingerprint density at radius 3 is 2.60 bits per heavy atom. The number of anilines is 2. The number of fused-ring (bicyclic) bond motifs is 1. The van der Waals surface area contributed by atoms with Gasteiger partial charge in [-0.2, -0.15) is 18.3 Å². The van der Waals surface area contributed by atoms with Crippen molar-refractivity contribution in [1.29, 1.82) is 0 Å². The first-order valence-corrected chi connectivity index (χ1v) is 16.9. The lowest BCUT2D eigenvalue weighted by Gasteiger charge is -2.32. The van der Waals surface area contributed by atoms with Crippen molar-refractivity contribution in [3.8, 4) is 0 Å². The molecule has 3 N–H and O–H groups in total. The lowest BCUT2D eigenvalue weighted by atomic mass is 10.0. The monoisotopic (exact) mass is 743 g/mol. The SMILES string of the molecule is O=CNC1=COC(c2ccnc(NCC(F)(F)F)c2)N1c1cn(C2CCN(Cc3cccc4c3CN(C3CCC(=O)NC3=O)C4=O)CC2)nc1C(F)F. The number of aromatic nitrogens is 3. The van der Waals surface area contributed by atoms with E-state index in [0.29, 0.717) is 44.4 Å². The van der Waals surface area contributed by atoms with Crippen LogP contribution < -0.4 is 20.9 Å². The Morgan fingerprint density at radius 2 is 1.89 bits per heavy atom. The number of piperidine rings is 2. The van der Waals surface area contributed by atoms with Gasteiger partial charge in [-0.25, -0.2) is 13.8 Å². The van der Waals surface area contributed by atoms with E-state index < -0.39 is 43.0 Å². The number of benzene rings is 1. The van der Waals surface area contributed by atoms with E-state index in [9.17, 15) is 41.1 Å². The summed E-state index contributed by atoms with van der Waals surface area (Å²) in [5, 5.41) is 11.2. The minimum Gasteiger partial charge on any atom is -0.470 e. The van der Waals surface area contributed by atoms with E-state index in [1.807, 2.05) is 6.07 Å². The van der Waals surface area contributed by atoms with Crippen molar-refractivity contribution >= 4 is 35.6 Å². The van der Waals surface area contributed by atoms with Crippen LogP contribution >= 0.6 is 0 Å². The number of halogens is 5. The second kappa shape index (κ2) is 14.4. The summed E-state index contributed by atoms with van der Waals surface area (Å²) in [7, 11) is 0. The van der Waals surface area contributed by atoms with Gasteiger partial charge in [0.15, 0.2) is 11.5 Å². The fraction of sp³-hybridized carbons (Fsp3) is 0.412. The Balaban J connectivity index is 1.06. The summed E-state index contributed by atoms with van der Waals surface area (Å²) in [6, 6.07) is 7.23. The lowest BCUT2D eigenvalue weighted by Crippen LogP contribution is -2.52. The standard InChI is InChI=1S/C34H34F5N9O5/c35-30(36)29-25(48-27(42-18-49)16-53-33(48)19-6-9-40-26(12-19)41-17-34(37,38)39)15-47(44-29)21-7-10-45(11-8-21)13-20-2-1-3-22-23(20)14-46(32(22)52)24-4-5-28(50)43-31(24)51/h1-3,6,9,12,15-16,18,21,24,30,33H,4-5,7-8,10-11,13-14,17H2,(H,40,41)(H,42,49)(H,43,50,51). The van der Waals surface area contributed by atoms with Crippen LogP contribution in [0.1, 0.15) is 77.1 Å². The van der Waals surface area contributed by atoms with E-state index >= 15 is 0 Å². The van der Waals surface area contributed by atoms with Crippen molar-refractivity contribution in [3.05, 3.63) is 82.8 Å². The fourth-order valence-electron chi connectivity index (χ4n) is 7.21. The van der Waals surface area contributed by atoms with E-state index in [2.05, 4.69) is 30.9 Å². The van der Waals surface area contributed by atoms with E-state index in [4.69, 9.17) is 4.74 Å². The summed E-state index contributed by atoms with van der Waals surface area (Å²) in [5.74, 6) is -1.19. The Hall–Kier alpha value is -5.59. The number of nitrogens with one attached hydrogen (secondary N) is 3. The highest BCUT2D eigenvalue weighted by Crippen LogP contribution is 2.42. The molecule has 4 aliphatic heterocycles. The van der Waals surface area contributed by atoms with Crippen LogP contribution in [0.15, 0.2) is 54.8 Å². The van der Waals surface area contributed by atoms with Gasteiger partial charge < -0.3 is 20.3 Å². The second-order valence-electron chi connectivity index (χ2n) is 13.1. The summed E-state index contributed by atoms with van der Waals surface area (Å²) in [6.07, 6.45) is -2.94. The minimum absolute atomic E-state index is 0.0212. The number of amides is 4. The van der Waals surface area contributed by atoms with Crippen molar-refractivity contribution in [2.45, 2.75) is 69.7 Å². The van der Waals surface area contributed by atoms with Gasteiger partial charge in [0.25, 0.3) is 12.3 Å². The summed E-state index contributed by atoms with van der Waals surface area (Å²) in [6.45, 7) is 0.587. The summed E-state index contributed by atoms with van der Waals surface area (Å²) < 4.78 is 74.8. The Kier molecular flexibility index (Phi) is 9.75.